The van der Waals surface area contributed by atoms with Crippen molar-refractivity contribution in [2.45, 2.75) is 6.92 Å². The molecule has 1 N–H and O–H groups in total. The van der Waals surface area contributed by atoms with Gasteiger partial charge in [-0.2, -0.15) is 5.10 Å². The van der Waals surface area contributed by atoms with Crippen LogP contribution in [0.25, 0.3) is 0 Å². The van der Waals surface area contributed by atoms with Gasteiger partial charge in [0.2, 0.25) is 0 Å². The maximum atomic E-state index is 5.56. The number of aryl methyl sites for hydroxylation is 1. The zero-order chi connectivity index (χ0) is 9.10. The lowest BCUT2D eigenvalue weighted by Gasteiger charge is -2.02. The molecule has 13 heavy (non-hydrogen) atoms. The van der Waals surface area contributed by atoms with Gasteiger partial charge in [-0.3, -0.25) is 5.10 Å². The summed E-state index contributed by atoms with van der Waals surface area (Å²) in [6.07, 6.45) is 1.67. The number of nitrogens with zero attached hydrogens (tertiary/aromatic N) is 1. The highest BCUT2D eigenvalue weighted by atomic mass is 16.5. The maximum absolute atomic E-state index is 5.56. The molecule has 0 atom stereocenters. The van der Waals surface area contributed by atoms with Gasteiger partial charge in [-0.15, -0.1) is 0 Å². The summed E-state index contributed by atoms with van der Waals surface area (Å²) in [7, 11) is 0. The fraction of sp³-hybridized carbons (Fsp3) is 0.100. The third kappa shape index (κ3) is 1.69. The molecule has 1 aromatic carbocycles. The lowest BCUT2D eigenvalue weighted by atomic mass is 10.3. The van der Waals surface area contributed by atoms with Gasteiger partial charge in [0, 0.05) is 0 Å². The minimum absolute atomic E-state index is 0.770. The number of aromatic amines is 1. The van der Waals surface area contributed by atoms with Gasteiger partial charge >= 0.3 is 0 Å². The second-order valence-electron chi connectivity index (χ2n) is 2.77. The van der Waals surface area contributed by atoms with E-state index in [0.29, 0.717) is 0 Å². The van der Waals surface area contributed by atoms with Crippen LogP contribution in [0.1, 0.15) is 5.69 Å². The second-order valence-corrected chi connectivity index (χ2v) is 2.77. The summed E-state index contributed by atoms with van der Waals surface area (Å²) in [5.41, 5.74) is 0.934. The molecule has 1 heterocycles. The van der Waals surface area contributed by atoms with Crippen molar-refractivity contribution in [1.82, 2.24) is 10.2 Å². The van der Waals surface area contributed by atoms with E-state index in [1.807, 2.05) is 37.3 Å². The van der Waals surface area contributed by atoms with Crippen LogP contribution < -0.4 is 4.74 Å². The number of hydrogen-bond donors (Lipinski definition) is 1. The Balaban J connectivity index is 2.20. The van der Waals surface area contributed by atoms with Crippen molar-refractivity contribution in [3.8, 4) is 11.5 Å². The van der Waals surface area contributed by atoms with E-state index in [2.05, 4.69) is 10.2 Å². The van der Waals surface area contributed by atoms with Crippen molar-refractivity contribution in [2.24, 2.45) is 0 Å². The molecular formula is C10H10N2O. The van der Waals surface area contributed by atoms with Crippen LogP contribution in [-0.2, 0) is 0 Å². The van der Waals surface area contributed by atoms with Crippen molar-refractivity contribution < 1.29 is 4.74 Å². The molecular weight excluding hydrogens is 164 g/mol. The summed E-state index contributed by atoms with van der Waals surface area (Å²) in [5.74, 6) is 1.60. The minimum Gasteiger partial charge on any atom is -0.454 e. The quantitative estimate of drug-likeness (QED) is 0.759. The van der Waals surface area contributed by atoms with E-state index >= 15 is 0 Å². The van der Waals surface area contributed by atoms with E-state index in [0.717, 1.165) is 17.2 Å². The zero-order valence-corrected chi connectivity index (χ0v) is 7.32. The van der Waals surface area contributed by atoms with Crippen molar-refractivity contribution >= 4 is 0 Å². The zero-order valence-electron chi connectivity index (χ0n) is 7.32. The Morgan fingerprint density at radius 2 is 2.00 bits per heavy atom. The van der Waals surface area contributed by atoms with Crippen LogP contribution in [-0.4, -0.2) is 10.2 Å². The van der Waals surface area contributed by atoms with Gasteiger partial charge in [0.05, 0.1) is 11.9 Å². The SMILES string of the molecule is Cc1[nH]ncc1Oc1ccccc1. The van der Waals surface area contributed by atoms with Gasteiger partial charge in [0.25, 0.3) is 0 Å². The summed E-state index contributed by atoms with van der Waals surface area (Å²) in [6, 6.07) is 9.64. The molecule has 3 heteroatoms. The molecule has 0 spiro atoms. The molecule has 0 radical (unpaired) electrons. The normalized spacial score (nSPS) is 9.92. The molecule has 0 aliphatic carbocycles. The predicted molar refractivity (Wildman–Crippen MR) is 49.8 cm³/mol. The molecule has 0 aliphatic rings. The van der Waals surface area contributed by atoms with E-state index < -0.39 is 0 Å². The smallest absolute Gasteiger partial charge is 0.167 e. The van der Waals surface area contributed by atoms with Gasteiger partial charge in [-0.05, 0) is 19.1 Å². The number of H-pyrrole nitrogens is 1. The average Bonchev–Trinajstić information content (AvgIpc) is 2.54. The fourth-order valence-electron chi connectivity index (χ4n) is 1.06. The molecule has 1 aromatic heterocycles. The van der Waals surface area contributed by atoms with Crippen molar-refractivity contribution in [1.29, 1.82) is 0 Å². The summed E-state index contributed by atoms with van der Waals surface area (Å²) in [5, 5.41) is 6.68. The Morgan fingerprint density at radius 3 is 2.62 bits per heavy atom. The Kier molecular flexibility index (Phi) is 2.00. The predicted octanol–water partition coefficient (Wildman–Crippen LogP) is 2.51. The first-order valence-corrected chi connectivity index (χ1v) is 4.09. The first-order chi connectivity index (χ1) is 6.36. The van der Waals surface area contributed by atoms with E-state index in [-0.39, 0.29) is 0 Å². The van der Waals surface area contributed by atoms with Crippen LogP contribution in [0.4, 0.5) is 0 Å². The molecule has 0 unspecified atom stereocenters. The van der Waals surface area contributed by atoms with Gasteiger partial charge in [-0.1, -0.05) is 18.2 Å². The molecule has 0 fully saturated rings. The largest absolute Gasteiger partial charge is 0.454 e. The molecule has 0 saturated carbocycles. The topological polar surface area (TPSA) is 37.9 Å². The summed E-state index contributed by atoms with van der Waals surface area (Å²) >= 11 is 0. The lowest BCUT2D eigenvalue weighted by molar-refractivity contribution is 0.479. The third-order valence-corrected chi connectivity index (χ3v) is 1.75. The number of para-hydroxylation sites is 1. The number of aromatic nitrogens is 2. The highest BCUT2D eigenvalue weighted by Gasteiger charge is 2.01. The Hall–Kier alpha value is -1.77. The number of hydrogen-bond acceptors (Lipinski definition) is 2. The Bertz CT molecular complexity index is 381. The van der Waals surface area contributed by atoms with Crippen molar-refractivity contribution in [3.05, 3.63) is 42.2 Å². The number of rotatable bonds is 2. The minimum atomic E-state index is 0.770. The van der Waals surface area contributed by atoms with Crippen LogP contribution in [0, 0.1) is 6.92 Å². The molecule has 66 valence electrons. The van der Waals surface area contributed by atoms with Crippen LogP contribution in [0.2, 0.25) is 0 Å². The van der Waals surface area contributed by atoms with Crippen LogP contribution in [0.3, 0.4) is 0 Å². The van der Waals surface area contributed by atoms with Gasteiger partial charge in [0.1, 0.15) is 5.75 Å². The molecule has 0 saturated heterocycles. The molecule has 3 nitrogen and oxygen atoms in total. The van der Waals surface area contributed by atoms with Crippen LogP contribution >= 0.6 is 0 Å². The van der Waals surface area contributed by atoms with E-state index in [1.165, 1.54) is 0 Å². The summed E-state index contributed by atoms with van der Waals surface area (Å²) in [6.45, 7) is 1.92. The fourth-order valence-corrected chi connectivity index (χ4v) is 1.06. The van der Waals surface area contributed by atoms with E-state index in [4.69, 9.17) is 4.74 Å². The lowest BCUT2D eigenvalue weighted by Crippen LogP contribution is -1.83. The number of ether oxygens (including phenoxy) is 1. The molecule has 2 aromatic rings. The molecule has 0 bridgehead atoms. The van der Waals surface area contributed by atoms with Gasteiger partial charge in [-0.25, -0.2) is 0 Å². The molecule has 0 aliphatic heterocycles. The highest BCUT2D eigenvalue weighted by molar-refractivity contribution is 5.31. The Labute approximate surface area is 76.4 Å². The standard InChI is InChI=1S/C10H10N2O/c1-8-10(7-11-12-8)13-9-5-3-2-4-6-9/h2-7H,1H3,(H,11,12). The summed E-state index contributed by atoms with van der Waals surface area (Å²) in [4.78, 5) is 0. The van der Waals surface area contributed by atoms with Crippen LogP contribution in [0.15, 0.2) is 36.5 Å². The van der Waals surface area contributed by atoms with Crippen molar-refractivity contribution in [2.75, 3.05) is 0 Å². The first-order valence-electron chi connectivity index (χ1n) is 4.09. The molecule has 0 amide bonds. The average molecular weight is 174 g/mol. The molecule has 2 rings (SSSR count). The highest BCUT2D eigenvalue weighted by Crippen LogP contribution is 2.21. The van der Waals surface area contributed by atoms with Gasteiger partial charge in [0.15, 0.2) is 5.75 Å². The van der Waals surface area contributed by atoms with Crippen LogP contribution in [0.5, 0.6) is 11.5 Å². The third-order valence-electron chi connectivity index (χ3n) is 1.75. The number of benzene rings is 1. The Morgan fingerprint density at radius 1 is 1.23 bits per heavy atom. The summed E-state index contributed by atoms with van der Waals surface area (Å²) < 4.78 is 5.56. The maximum Gasteiger partial charge on any atom is 0.167 e. The van der Waals surface area contributed by atoms with Crippen molar-refractivity contribution in [3.63, 3.8) is 0 Å². The second kappa shape index (κ2) is 3.31. The van der Waals surface area contributed by atoms with E-state index in [1.54, 1.807) is 6.20 Å². The van der Waals surface area contributed by atoms with Gasteiger partial charge < -0.3 is 4.74 Å². The monoisotopic (exact) mass is 174 g/mol. The number of nitrogens with one attached hydrogen (secondary N) is 1. The van der Waals surface area contributed by atoms with E-state index in [9.17, 15) is 0 Å². The first kappa shape index (κ1) is 7.86.